The number of nitrogens with one attached hydrogen (secondary N) is 1. The molecule has 0 amide bonds. The second-order valence-electron chi connectivity index (χ2n) is 5.84. The lowest BCUT2D eigenvalue weighted by Crippen LogP contribution is -2.25. The number of unbranched alkanes of at least 4 members (excludes halogenated alkanes) is 2. The molecule has 1 rings (SSSR count). The lowest BCUT2D eigenvalue weighted by atomic mass is 10.2. The van der Waals surface area contributed by atoms with Crippen LogP contribution in [0.5, 0.6) is 0 Å². The van der Waals surface area contributed by atoms with Crippen molar-refractivity contribution in [3.8, 4) is 0 Å². The summed E-state index contributed by atoms with van der Waals surface area (Å²) in [7, 11) is 0. The van der Waals surface area contributed by atoms with E-state index in [4.69, 9.17) is 4.98 Å². The molecule has 1 heterocycles. The Morgan fingerprint density at radius 1 is 1.20 bits per heavy atom. The average molecular weight is 298 g/mol. The molecule has 20 heavy (non-hydrogen) atoms. The maximum atomic E-state index is 4.80. The summed E-state index contributed by atoms with van der Waals surface area (Å²) < 4.78 is 0. The quantitative estimate of drug-likeness (QED) is 0.660. The molecule has 116 valence electrons. The van der Waals surface area contributed by atoms with E-state index in [2.05, 4.69) is 43.3 Å². The molecule has 0 saturated carbocycles. The van der Waals surface area contributed by atoms with Gasteiger partial charge in [-0.2, -0.15) is 0 Å². The molecule has 0 aliphatic carbocycles. The molecule has 1 N–H and O–H groups in total. The molecule has 1 aromatic rings. The SMILES string of the molecule is CCCCN(CCCC)c1nc(CNCC(C)C)cs1. The monoisotopic (exact) mass is 297 g/mol. The van der Waals surface area contributed by atoms with Gasteiger partial charge < -0.3 is 10.2 Å². The van der Waals surface area contributed by atoms with Gasteiger partial charge in [0.05, 0.1) is 5.69 Å². The van der Waals surface area contributed by atoms with Crippen molar-refractivity contribution in [3.63, 3.8) is 0 Å². The molecule has 0 saturated heterocycles. The minimum Gasteiger partial charge on any atom is -0.348 e. The molecule has 0 atom stereocenters. The normalized spacial score (nSPS) is 11.2. The molecule has 0 bridgehead atoms. The van der Waals surface area contributed by atoms with E-state index in [1.54, 1.807) is 11.3 Å². The van der Waals surface area contributed by atoms with Gasteiger partial charge in [-0.15, -0.1) is 11.3 Å². The van der Waals surface area contributed by atoms with Crippen LogP contribution in [0.2, 0.25) is 0 Å². The van der Waals surface area contributed by atoms with E-state index in [0.29, 0.717) is 5.92 Å². The highest BCUT2D eigenvalue weighted by Crippen LogP contribution is 2.21. The molecule has 0 aliphatic rings. The molecular formula is C16H31N3S. The van der Waals surface area contributed by atoms with Gasteiger partial charge in [-0.25, -0.2) is 4.98 Å². The van der Waals surface area contributed by atoms with E-state index >= 15 is 0 Å². The summed E-state index contributed by atoms with van der Waals surface area (Å²) in [6, 6.07) is 0. The van der Waals surface area contributed by atoms with Crippen LogP contribution in [0.4, 0.5) is 5.13 Å². The number of rotatable bonds is 11. The van der Waals surface area contributed by atoms with Crippen molar-refractivity contribution >= 4 is 16.5 Å². The van der Waals surface area contributed by atoms with Gasteiger partial charge in [-0.1, -0.05) is 40.5 Å². The third kappa shape index (κ3) is 6.71. The summed E-state index contributed by atoms with van der Waals surface area (Å²) in [5.41, 5.74) is 1.18. The summed E-state index contributed by atoms with van der Waals surface area (Å²) in [6.07, 6.45) is 5.00. The van der Waals surface area contributed by atoms with Crippen molar-refractivity contribution in [2.75, 3.05) is 24.5 Å². The molecular weight excluding hydrogens is 266 g/mol. The number of anilines is 1. The first-order chi connectivity index (χ1) is 9.67. The topological polar surface area (TPSA) is 28.2 Å². The Bertz CT molecular complexity index is 341. The van der Waals surface area contributed by atoms with Gasteiger partial charge in [0.25, 0.3) is 0 Å². The summed E-state index contributed by atoms with van der Waals surface area (Å²) in [4.78, 5) is 7.26. The van der Waals surface area contributed by atoms with Crippen molar-refractivity contribution < 1.29 is 0 Å². The van der Waals surface area contributed by atoms with E-state index < -0.39 is 0 Å². The van der Waals surface area contributed by atoms with E-state index in [9.17, 15) is 0 Å². The number of thiazole rings is 1. The van der Waals surface area contributed by atoms with Gasteiger partial charge in [-0.3, -0.25) is 0 Å². The highest BCUT2D eigenvalue weighted by atomic mass is 32.1. The van der Waals surface area contributed by atoms with Crippen molar-refractivity contribution in [2.45, 2.75) is 59.9 Å². The minimum absolute atomic E-state index is 0.693. The van der Waals surface area contributed by atoms with Gasteiger partial charge in [-0.05, 0) is 25.3 Å². The first-order valence-corrected chi connectivity index (χ1v) is 8.95. The fraction of sp³-hybridized carbons (Fsp3) is 0.812. The lowest BCUT2D eigenvalue weighted by molar-refractivity contribution is 0.549. The Morgan fingerprint density at radius 3 is 2.40 bits per heavy atom. The summed E-state index contributed by atoms with van der Waals surface area (Å²) >= 11 is 1.79. The largest absolute Gasteiger partial charge is 0.348 e. The molecule has 0 spiro atoms. The number of nitrogens with zero attached hydrogens (tertiary/aromatic N) is 2. The standard InChI is InChI=1S/C16H31N3S/c1-5-7-9-19(10-8-6-2)16-18-15(13-20-16)12-17-11-14(3)4/h13-14,17H,5-12H2,1-4H3. The van der Waals surface area contributed by atoms with Gasteiger partial charge in [0.15, 0.2) is 5.13 Å². The van der Waals surface area contributed by atoms with Crippen LogP contribution in [0.1, 0.15) is 59.1 Å². The zero-order chi connectivity index (χ0) is 14.8. The van der Waals surface area contributed by atoms with Crippen molar-refractivity contribution in [2.24, 2.45) is 5.92 Å². The van der Waals surface area contributed by atoms with Crippen LogP contribution < -0.4 is 10.2 Å². The number of hydrogen-bond donors (Lipinski definition) is 1. The van der Waals surface area contributed by atoms with E-state index in [1.165, 1.54) is 36.5 Å². The van der Waals surface area contributed by atoms with Crippen LogP contribution in [0, 0.1) is 5.92 Å². The predicted molar refractivity (Wildman–Crippen MR) is 90.7 cm³/mol. The number of hydrogen-bond acceptors (Lipinski definition) is 4. The van der Waals surface area contributed by atoms with Gasteiger partial charge >= 0.3 is 0 Å². The molecule has 0 aromatic carbocycles. The Balaban J connectivity index is 2.50. The van der Waals surface area contributed by atoms with Gasteiger partial charge in [0, 0.05) is 25.0 Å². The van der Waals surface area contributed by atoms with Crippen LogP contribution >= 0.6 is 11.3 Å². The van der Waals surface area contributed by atoms with Gasteiger partial charge in [0.2, 0.25) is 0 Å². The van der Waals surface area contributed by atoms with Crippen LogP contribution in [0.15, 0.2) is 5.38 Å². The molecule has 0 aliphatic heterocycles. The maximum Gasteiger partial charge on any atom is 0.185 e. The van der Waals surface area contributed by atoms with Crippen molar-refractivity contribution in [1.82, 2.24) is 10.3 Å². The summed E-state index contributed by atoms with van der Waals surface area (Å²) in [6.45, 7) is 13.2. The van der Waals surface area contributed by atoms with E-state index in [0.717, 1.165) is 26.2 Å². The first-order valence-electron chi connectivity index (χ1n) is 8.07. The second-order valence-corrected chi connectivity index (χ2v) is 6.68. The number of aromatic nitrogens is 1. The highest BCUT2D eigenvalue weighted by molar-refractivity contribution is 7.13. The zero-order valence-corrected chi connectivity index (χ0v) is 14.4. The van der Waals surface area contributed by atoms with Crippen molar-refractivity contribution in [1.29, 1.82) is 0 Å². The second kappa shape index (κ2) is 10.2. The van der Waals surface area contributed by atoms with Gasteiger partial charge in [0.1, 0.15) is 0 Å². The fourth-order valence-corrected chi connectivity index (χ4v) is 2.89. The molecule has 0 radical (unpaired) electrons. The summed E-state index contributed by atoms with van der Waals surface area (Å²) in [5.74, 6) is 0.693. The van der Waals surface area contributed by atoms with Crippen molar-refractivity contribution in [3.05, 3.63) is 11.1 Å². The molecule has 1 aromatic heterocycles. The summed E-state index contributed by atoms with van der Waals surface area (Å²) in [5, 5.41) is 6.87. The molecule has 0 fully saturated rings. The van der Waals surface area contributed by atoms with E-state index in [1.807, 2.05) is 0 Å². The Morgan fingerprint density at radius 2 is 1.85 bits per heavy atom. The predicted octanol–water partition coefficient (Wildman–Crippen LogP) is 4.30. The minimum atomic E-state index is 0.693. The Kier molecular flexibility index (Phi) is 8.86. The third-order valence-electron chi connectivity index (χ3n) is 3.23. The Hall–Kier alpha value is -0.610. The first kappa shape index (κ1) is 17.4. The maximum absolute atomic E-state index is 4.80. The zero-order valence-electron chi connectivity index (χ0n) is 13.6. The van der Waals surface area contributed by atoms with Crippen LogP contribution in [-0.2, 0) is 6.54 Å². The third-order valence-corrected chi connectivity index (χ3v) is 4.18. The Labute approximate surface area is 128 Å². The van der Waals surface area contributed by atoms with E-state index in [-0.39, 0.29) is 0 Å². The molecule has 3 nitrogen and oxygen atoms in total. The smallest absolute Gasteiger partial charge is 0.185 e. The average Bonchev–Trinajstić information content (AvgIpc) is 2.87. The van der Waals surface area contributed by atoms with Crippen LogP contribution in [0.3, 0.4) is 0 Å². The molecule has 4 heteroatoms. The lowest BCUT2D eigenvalue weighted by Gasteiger charge is -2.21. The van der Waals surface area contributed by atoms with Crippen LogP contribution in [0.25, 0.3) is 0 Å². The highest BCUT2D eigenvalue weighted by Gasteiger charge is 2.10. The molecule has 0 unspecified atom stereocenters. The van der Waals surface area contributed by atoms with Crippen LogP contribution in [-0.4, -0.2) is 24.6 Å². The fourth-order valence-electron chi connectivity index (χ4n) is 2.01.